The highest BCUT2D eigenvalue weighted by Gasteiger charge is 2.00. The van der Waals surface area contributed by atoms with Gasteiger partial charge in [0.2, 0.25) is 0 Å². The molecule has 2 aromatic heterocycles. The van der Waals surface area contributed by atoms with E-state index in [-0.39, 0.29) is 0 Å². The van der Waals surface area contributed by atoms with E-state index in [9.17, 15) is 0 Å². The molecule has 3 N–H and O–H groups in total. The zero-order chi connectivity index (χ0) is 7.84. The average Bonchev–Trinajstić information content (AvgIpc) is 2.32. The third-order valence-electron chi connectivity index (χ3n) is 1.59. The summed E-state index contributed by atoms with van der Waals surface area (Å²) < 4.78 is 0. The van der Waals surface area contributed by atoms with Crippen LogP contribution < -0.4 is 5.73 Å². The predicted octanol–water partition coefficient (Wildman–Crippen LogP) is 0.849. The number of nitrogens with one attached hydrogen (secondary N) is 1. The molecular weight excluding hydrogens is 140 g/mol. The molecule has 0 bridgehead atoms. The van der Waals surface area contributed by atoms with Crippen molar-refractivity contribution in [3.05, 3.63) is 18.0 Å². The van der Waals surface area contributed by atoms with E-state index in [1.165, 1.54) is 0 Å². The molecular formula is C7H8N4. The lowest BCUT2D eigenvalue weighted by atomic mass is 10.3. The molecule has 0 aliphatic rings. The van der Waals surface area contributed by atoms with E-state index in [2.05, 4.69) is 15.2 Å². The van der Waals surface area contributed by atoms with Crippen LogP contribution in [0.3, 0.4) is 0 Å². The molecule has 0 amide bonds. The Kier molecular flexibility index (Phi) is 1.09. The molecule has 0 fully saturated rings. The minimum absolute atomic E-state index is 0.643. The van der Waals surface area contributed by atoms with Crippen LogP contribution in [0.2, 0.25) is 0 Å². The van der Waals surface area contributed by atoms with Crippen LogP contribution in [0.1, 0.15) is 5.69 Å². The first-order valence-corrected chi connectivity index (χ1v) is 3.33. The van der Waals surface area contributed by atoms with Gasteiger partial charge >= 0.3 is 0 Å². The van der Waals surface area contributed by atoms with E-state index in [4.69, 9.17) is 5.73 Å². The number of nitrogens with two attached hydrogens (primary N) is 1. The van der Waals surface area contributed by atoms with Crippen molar-refractivity contribution in [2.75, 3.05) is 5.73 Å². The summed E-state index contributed by atoms with van der Waals surface area (Å²) in [5, 5.41) is 6.85. The monoisotopic (exact) mass is 148 g/mol. The van der Waals surface area contributed by atoms with Crippen LogP contribution in [-0.2, 0) is 0 Å². The lowest BCUT2D eigenvalue weighted by Crippen LogP contribution is -1.85. The Morgan fingerprint density at radius 3 is 3.18 bits per heavy atom. The number of aromatic amines is 1. The summed E-state index contributed by atoms with van der Waals surface area (Å²) in [5.74, 6) is 0. The number of aromatic nitrogens is 3. The normalized spacial score (nSPS) is 10.6. The SMILES string of the molecule is Cc1[nH]nc2cc(N)cnc12. The smallest absolute Gasteiger partial charge is 0.113 e. The summed E-state index contributed by atoms with van der Waals surface area (Å²) >= 11 is 0. The number of nitrogens with zero attached hydrogens (tertiary/aromatic N) is 2. The summed E-state index contributed by atoms with van der Waals surface area (Å²) in [6, 6.07) is 1.80. The predicted molar refractivity (Wildman–Crippen MR) is 43.0 cm³/mol. The molecule has 4 heteroatoms. The number of hydrogen-bond acceptors (Lipinski definition) is 3. The molecule has 0 unspecified atom stereocenters. The van der Waals surface area contributed by atoms with Crippen molar-refractivity contribution >= 4 is 16.7 Å². The molecule has 0 radical (unpaired) electrons. The van der Waals surface area contributed by atoms with E-state index in [0.717, 1.165) is 16.7 Å². The summed E-state index contributed by atoms with van der Waals surface area (Å²) in [6.07, 6.45) is 1.63. The zero-order valence-corrected chi connectivity index (χ0v) is 6.13. The largest absolute Gasteiger partial charge is 0.397 e. The molecule has 0 aliphatic carbocycles. The van der Waals surface area contributed by atoms with Gasteiger partial charge in [-0.1, -0.05) is 0 Å². The summed E-state index contributed by atoms with van der Waals surface area (Å²) in [4.78, 5) is 4.12. The Morgan fingerprint density at radius 2 is 2.36 bits per heavy atom. The number of hydrogen-bond donors (Lipinski definition) is 2. The van der Waals surface area contributed by atoms with Crippen molar-refractivity contribution in [3.8, 4) is 0 Å². The van der Waals surface area contributed by atoms with Crippen molar-refractivity contribution in [3.63, 3.8) is 0 Å². The van der Waals surface area contributed by atoms with Crippen molar-refractivity contribution < 1.29 is 0 Å². The van der Waals surface area contributed by atoms with E-state index >= 15 is 0 Å². The van der Waals surface area contributed by atoms with Crippen LogP contribution in [0.25, 0.3) is 11.0 Å². The molecule has 4 nitrogen and oxygen atoms in total. The number of anilines is 1. The average molecular weight is 148 g/mol. The molecule has 56 valence electrons. The fraction of sp³-hybridized carbons (Fsp3) is 0.143. The van der Waals surface area contributed by atoms with Crippen molar-refractivity contribution in [1.82, 2.24) is 15.2 Å². The molecule has 0 aliphatic heterocycles. The maximum atomic E-state index is 5.52. The van der Waals surface area contributed by atoms with Crippen molar-refractivity contribution in [2.45, 2.75) is 6.92 Å². The number of nitrogen functional groups attached to an aromatic ring is 1. The first-order valence-electron chi connectivity index (χ1n) is 3.33. The Hall–Kier alpha value is -1.58. The lowest BCUT2D eigenvalue weighted by molar-refractivity contribution is 1.07. The van der Waals surface area contributed by atoms with Gasteiger partial charge in [-0.05, 0) is 13.0 Å². The number of H-pyrrole nitrogens is 1. The number of rotatable bonds is 0. The van der Waals surface area contributed by atoms with Gasteiger partial charge in [0.25, 0.3) is 0 Å². The van der Waals surface area contributed by atoms with Gasteiger partial charge in [0, 0.05) is 0 Å². The Balaban J connectivity index is 2.86. The van der Waals surface area contributed by atoms with Gasteiger partial charge in [-0.3, -0.25) is 10.1 Å². The molecule has 2 rings (SSSR count). The number of pyridine rings is 1. The van der Waals surface area contributed by atoms with Crippen LogP contribution in [0.15, 0.2) is 12.3 Å². The first-order chi connectivity index (χ1) is 5.27. The summed E-state index contributed by atoms with van der Waals surface area (Å²) in [6.45, 7) is 1.93. The van der Waals surface area contributed by atoms with Gasteiger partial charge in [-0.2, -0.15) is 5.10 Å². The molecule has 0 aromatic carbocycles. The highest BCUT2D eigenvalue weighted by molar-refractivity contribution is 5.78. The fourth-order valence-electron chi connectivity index (χ4n) is 1.04. The van der Waals surface area contributed by atoms with Crippen molar-refractivity contribution in [2.24, 2.45) is 0 Å². The van der Waals surface area contributed by atoms with Crippen molar-refractivity contribution in [1.29, 1.82) is 0 Å². The Morgan fingerprint density at radius 1 is 1.55 bits per heavy atom. The van der Waals surface area contributed by atoms with Gasteiger partial charge in [0.15, 0.2) is 0 Å². The van der Waals surface area contributed by atoms with Crippen LogP contribution in [0, 0.1) is 6.92 Å². The maximum Gasteiger partial charge on any atom is 0.113 e. The molecule has 0 atom stereocenters. The number of aryl methyl sites for hydroxylation is 1. The summed E-state index contributed by atoms with van der Waals surface area (Å²) in [5.41, 5.74) is 8.84. The van der Waals surface area contributed by atoms with Gasteiger partial charge in [-0.15, -0.1) is 0 Å². The van der Waals surface area contributed by atoms with Crippen LogP contribution in [0.4, 0.5) is 5.69 Å². The van der Waals surface area contributed by atoms with Crippen LogP contribution in [0.5, 0.6) is 0 Å². The first kappa shape index (κ1) is 6.15. The molecule has 0 saturated heterocycles. The third kappa shape index (κ3) is 0.832. The molecule has 11 heavy (non-hydrogen) atoms. The van der Waals surface area contributed by atoms with Crippen LogP contribution >= 0.6 is 0 Å². The highest BCUT2D eigenvalue weighted by Crippen LogP contribution is 2.13. The second-order valence-corrected chi connectivity index (χ2v) is 2.48. The van der Waals surface area contributed by atoms with Gasteiger partial charge in [-0.25, -0.2) is 0 Å². The Labute approximate surface area is 63.4 Å². The minimum atomic E-state index is 0.643. The maximum absolute atomic E-state index is 5.52. The fourth-order valence-corrected chi connectivity index (χ4v) is 1.04. The quantitative estimate of drug-likeness (QED) is 0.582. The standard InChI is InChI=1S/C7H8N4/c1-4-7-6(11-10-4)2-5(8)3-9-7/h2-3H,8H2,1H3,(H,10,11). The number of fused-ring (bicyclic) bond motifs is 1. The van der Waals surface area contributed by atoms with Gasteiger partial charge < -0.3 is 5.73 Å². The second-order valence-electron chi connectivity index (χ2n) is 2.48. The van der Waals surface area contributed by atoms with E-state index < -0.39 is 0 Å². The van der Waals surface area contributed by atoms with Crippen LogP contribution in [-0.4, -0.2) is 15.2 Å². The van der Waals surface area contributed by atoms with E-state index in [1.54, 1.807) is 12.3 Å². The molecule has 0 spiro atoms. The molecule has 0 saturated carbocycles. The third-order valence-corrected chi connectivity index (χ3v) is 1.59. The topological polar surface area (TPSA) is 67.6 Å². The Bertz CT molecular complexity index is 390. The van der Waals surface area contributed by atoms with E-state index in [0.29, 0.717) is 5.69 Å². The highest BCUT2D eigenvalue weighted by atomic mass is 15.1. The molecule has 2 heterocycles. The molecule has 2 aromatic rings. The van der Waals surface area contributed by atoms with Gasteiger partial charge in [0.1, 0.15) is 11.0 Å². The zero-order valence-electron chi connectivity index (χ0n) is 6.13. The van der Waals surface area contributed by atoms with Gasteiger partial charge in [0.05, 0.1) is 17.6 Å². The second kappa shape index (κ2) is 1.95. The summed E-state index contributed by atoms with van der Waals surface area (Å²) in [7, 11) is 0. The van der Waals surface area contributed by atoms with E-state index in [1.807, 2.05) is 6.92 Å². The minimum Gasteiger partial charge on any atom is -0.397 e. The lowest BCUT2D eigenvalue weighted by Gasteiger charge is -1.90.